The van der Waals surface area contributed by atoms with Gasteiger partial charge in [-0.3, -0.25) is 0 Å². The molecule has 1 aliphatic rings. The zero-order chi connectivity index (χ0) is 10.7. The molecule has 3 heteroatoms. The minimum Gasteiger partial charge on any atom is -0.457 e. The Kier molecular flexibility index (Phi) is 3.23. The van der Waals surface area contributed by atoms with E-state index >= 15 is 0 Å². The molecule has 76 valence electrons. The van der Waals surface area contributed by atoms with Gasteiger partial charge in [0.05, 0.1) is 0 Å². The summed E-state index contributed by atoms with van der Waals surface area (Å²) in [5.74, 6) is 1.59. The number of thiol groups is 1. The molecule has 0 N–H and O–H groups in total. The Morgan fingerprint density at radius 2 is 2.00 bits per heavy atom. The fraction of sp³-hybridized carbons (Fsp3) is 0.0833. The van der Waals surface area contributed by atoms with Crippen molar-refractivity contribution in [3.63, 3.8) is 0 Å². The summed E-state index contributed by atoms with van der Waals surface area (Å²) in [6, 6.07) is 7.64. The first-order chi connectivity index (χ1) is 7.25. The van der Waals surface area contributed by atoms with Crippen LogP contribution >= 0.6 is 24.8 Å². The second-order valence-electron chi connectivity index (χ2n) is 3.18. The van der Waals surface area contributed by atoms with Gasteiger partial charge in [0.15, 0.2) is 0 Å². The van der Waals surface area contributed by atoms with E-state index in [-0.39, 0.29) is 0 Å². The van der Waals surface area contributed by atoms with E-state index in [2.05, 4.69) is 12.6 Å². The molecule has 1 aromatic rings. The molecule has 0 saturated carbocycles. The summed E-state index contributed by atoms with van der Waals surface area (Å²) in [6.45, 7) is 0. The maximum absolute atomic E-state index is 5.67. The SMILES string of the molecule is S=C1C=CC(Oc2ccccc2S)=CC1. The molecule has 1 aromatic carbocycles. The van der Waals surface area contributed by atoms with Crippen LogP contribution in [0.25, 0.3) is 0 Å². The minimum absolute atomic E-state index is 0.768. The topological polar surface area (TPSA) is 9.23 Å². The van der Waals surface area contributed by atoms with E-state index < -0.39 is 0 Å². The van der Waals surface area contributed by atoms with Crippen LogP contribution in [0.15, 0.2) is 53.1 Å². The monoisotopic (exact) mass is 234 g/mol. The molecule has 0 heterocycles. The first-order valence-corrected chi connectivity index (χ1v) is 5.48. The van der Waals surface area contributed by atoms with Crippen LogP contribution in [-0.4, -0.2) is 4.86 Å². The third kappa shape index (κ3) is 2.70. The van der Waals surface area contributed by atoms with E-state index in [9.17, 15) is 0 Å². The predicted octanol–water partition coefficient (Wildman–Crippen LogP) is 3.57. The maximum atomic E-state index is 5.67. The molecule has 1 nitrogen and oxygen atoms in total. The van der Waals surface area contributed by atoms with Crippen LogP contribution in [0, 0.1) is 0 Å². The molecular weight excluding hydrogens is 224 g/mol. The van der Waals surface area contributed by atoms with E-state index in [1.165, 1.54) is 0 Å². The van der Waals surface area contributed by atoms with Crippen molar-refractivity contribution < 1.29 is 4.74 Å². The fourth-order valence-corrected chi connectivity index (χ4v) is 1.62. The van der Waals surface area contributed by atoms with Crippen molar-refractivity contribution in [1.29, 1.82) is 0 Å². The number of para-hydroxylation sites is 1. The standard InChI is InChI=1S/C12H10OS2/c14-10-7-5-9(6-8-10)13-11-3-1-2-4-12(11)15/h1-7,15H,8H2. The molecule has 0 spiro atoms. The second-order valence-corrected chi connectivity index (χ2v) is 4.19. The summed E-state index contributed by atoms with van der Waals surface area (Å²) in [5.41, 5.74) is 0. The highest BCUT2D eigenvalue weighted by Crippen LogP contribution is 2.24. The minimum atomic E-state index is 0.768. The van der Waals surface area contributed by atoms with Gasteiger partial charge in [-0.25, -0.2) is 0 Å². The second kappa shape index (κ2) is 4.64. The fourth-order valence-electron chi connectivity index (χ4n) is 1.26. The highest BCUT2D eigenvalue weighted by molar-refractivity contribution is 7.80. The van der Waals surface area contributed by atoms with E-state index in [0.717, 1.165) is 27.7 Å². The Morgan fingerprint density at radius 1 is 1.20 bits per heavy atom. The molecule has 0 atom stereocenters. The van der Waals surface area contributed by atoms with Gasteiger partial charge in [0, 0.05) is 16.2 Å². The molecule has 0 bridgehead atoms. The normalized spacial score (nSPS) is 15.0. The molecule has 0 amide bonds. The predicted molar refractivity (Wildman–Crippen MR) is 68.8 cm³/mol. The lowest BCUT2D eigenvalue weighted by atomic mass is 10.2. The van der Waals surface area contributed by atoms with E-state index in [4.69, 9.17) is 17.0 Å². The van der Waals surface area contributed by atoms with Crippen LogP contribution in [0.1, 0.15) is 6.42 Å². The average molecular weight is 234 g/mol. The molecule has 0 unspecified atom stereocenters. The van der Waals surface area contributed by atoms with E-state index in [1.807, 2.05) is 42.5 Å². The zero-order valence-corrected chi connectivity index (χ0v) is 9.72. The summed E-state index contributed by atoms with van der Waals surface area (Å²) < 4.78 is 5.67. The van der Waals surface area contributed by atoms with Crippen LogP contribution in [-0.2, 0) is 0 Å². The average Bonchev–Trinajstić information content (AvgIpc) is 2.25. The van der Waals surface area contributed by atoms with Crippen molar-refractivity contribution in [3.05, 3.63) is 48.3 Å². The van der Waals surface area contributed by atoms with Crippen molar-refractivity contribution in [2.45, 2.75) is 11.3 Å². The Bertz CT molecular complexity index is 447. The number of benzene rings is 1. The summed E-state index contributed by atoms with van der Waals surface area (Å²) in [6.07, 6.45) is 6.52. The third-order valence-electron chi connectivity index (χ3n) is 2.03. The van der Waals surface area contributed by atoms with Crippen LogP contribution in [0.2, 0.25) is 0 Å². The van der Waals surface area contributed by atoms with Crippen LogP contribution in [0.5, 0.6) is 5.75 Å². The number of hydrogen-bond acceptors (Lipinski definition) is 3. The van der Waals surface area contributed by atoms with Crippen LogP contribution in [0.3, 0.4) is 0 Å². The highest BCUT2D eigenvalue weighted by atomic mass is 32.1. The third-order valence-corrected chi connectivity index (χ3v) is 2.70. The van der Waals surface area contributed by atoms with E-state index in [0.29, 0.717) is 0 Å². The molecule has 0 radical (unpaired) electrons. The van der Waals surface area contributed by atoms with Gasteiger partial charge in [-0.15, -0.1) is 12.6 Å². The lowest BCUT2D eigenvalue weighted by molar-refractivity contribution is 0.432. The van der Waals surface area contributed by atoms with Gasteiger partial charge < -0.3 is 4.74 Å². The maximum Gasteiger partial charge on any atom is 0.140 e. The smallest absolute Gasteiger partial charge is 0.140 e. The summed E-state index contributed by atoms with van der Waals surface area (Å²) in [4.78, 5) is 1.77. The number of rotatable bonds is 2. The molecule has 0 saturated heterocycles. The molecular formula is C12H10OS2. The summed E-state index contributed by atoms with van der Waals surface area (Å²) in [5, 5.41) is 0. The van der Waals surface area contributed by atoms with Crippen molar-refractivity contribution >= 4 is 29.7 Å². The van der Waals surface area contributed by atoms with Gasteiger partial charge in [0.2, 0.25) is 0 Å². The van der Waals surface area contributed by atoms with Crippen molar-refractivity contribution in [1.82, 2.24) is 0 Å². The van der Waals surface area contributed by atoms with Crippen molar-refractivity contribution in [2.75, 3.05) is 0 Å². The Hall–Kier alpha value is -1.06. The number of ether oxygens (including phenoxy) is 1. The van der Waals surface area contributed by atoms with Gasteiger partial charge in [-0.05, 0) is 30.4 Å². The van der Waals surface area contributed by atoms with Gasteiger partial charge in [0.25, 0.3) is 0 Å². The Morgan fingerprint density at radius 3 is 2.67 bits per heavy atom. The summed E-state index contributed by atoms with van der Waals surface area (Å²) in [7, 11) is 0. The number of allylic oxidation sites excluding steroid dienone is 3. The van der Waals surface area contributed by atoms with Gasteiger partial charge in [0.1, 0.15) is 11.5 Å². The van der Waals surface area contributed by atoms with Crippen molar-refractivity contribution in [3.8, 4) is 5.75 Å². The lowest BCUT2D eigenvalue weighted by Gasteiger charge is -2.11. The zero-order valence-electron chi connectivity index (χ0n) is 8.01. The molecule has 0 aliphatic heterocycles. The molecule has 0 aromatic heterocycles. The first-order valence-electron chi connectivity index (χ1n) is 4.62. The molecule has 1 aliphatic carbocycles. The number of hydrogen-bond donors (Lipinski definition) is 1. The van der Waals surface area contributed by atoms with Crippen LogP contribution < -0.4 is 4.74 Å². The van der Waals surface area contributed by atoms with Gasteiger partial charge in [-0.1, -0.05) is 24.4 Å². The quantitative estimate of drug-likeness (QED) is 0.619. The van der Waals surface area contributed by atoms with E-state index in [1.54, 1.807) is 0 Å². The highest BCUT2D eigenvalue weighted by Gasteiger charge is 2.04. The Balaban J connectivity index is 2.14. The number of thiocarbonyl (C=S) groups is 1. The van der Waals surface area contributed by atoms with Crippen molar-refractivity contribution in [2.24, 2.45) is 0 Å². The summed E-state index contributed by atoms with van der Waals surface area (Å²) >= 11 is 9.36. The van der Waals surface area contributed by atoms with Gasteiger partial charge >= 0.3 is 0 Å². The lowest BCUT2D eigenvalue weighted by Crippen LogP contribution is -2.00. The van der Waals surface area contributed by atoms with Crippen LogP contribution in [0.4, 0.5) is 0 Å². The first kappa shape index (κ1) is 10.5. The Labute approximate surface area is 99.9 Å². The largest absolute Gasteiger partial charge is 0.457 e. The molecule has 0 fully saturated rings. The molecule has 15 heavy (non-hydrogen) atoms. The molecule has 2 rings (SSSR count). The van der Waals surface area contributed by atoms with Gasteiger partial charge in [-0.2, -0.15) is 0 Å².